The Morgan fingerprint density at radius 2 is 2.21 bits per heavy atom. The Morgan fingerprint density at radius 3 is 2.86 bits per heavy atom. The summed E-state index contributed by atoms with van der Waals surface area (Å²) in [6.07, 6.45) is 5.68. The van der Waals surface area contributed by atoms with Gasteiger partial charge in [0.05, 0.1) is 0 Å². The van der Waals surface area contributed by atoms with Crippen LogP contribution < -0.4 is 5.32 Å². The highest BCUT2D eigenvalue weighted by molar-refractivity contribution is 8.00. The second-order valence-electron chi connectivity index (χ2n) is 4.63. The number of nitrogens with one attached hydrogen (secondary N) is 1. The van der Waals surface area contributed by atoms with Gasteiger partial charge in [-0.05, 0) is 38.5 Å². The summed E-state index contributed by atoms with van der Waals surface area (Å²) < 4.78 is 0. The molecule has 2 nitrogen and oxygen atoms in total. The van der Waals surface area contributed by atoms with Crippen molar-refractivity contribution >= 4 is 11.8 Å². The molecule has 1 N–H and O–H groups in total. The largest absolute Gasteiger partial charge is 0.313 e. The number of likely N-dealkylation sites (N-methyl/N-ethyl adjacent to an activating group) is 1. The van der Waals surface area contributed by atoms with E-state index in [9.17, 15) is 0 Å². The predicted molar refractivity (Wildman–Crippen MR) is 64.0 cm³/mol. The fourth-order valence-electron chi connectivity index (χ4n) is 1.97. The Balaban J connectivity index is 1.50. The molecule has 2 aliphatic rings. The van der Waals surface area contributed by atoms with Crippen molar-refractivity contribution in [2.45, 2.75) is 37.0 Å². The van der Waals surface area contributed by atoms with E-state index >= 15 is 0 Å². The van der Waals surface area contributed by atoms with Crippen LogP contribution in [0.5, 0.6) is 0 Å². The highest BCUT2D eigenvalue weighted by atomic mass is 32.2. The summed E-state index contributed by atoms with van der Waals surface area (Å²) in [4.78, 5) is 2.48. The number of rotatable bonds is 6. The maximum absolute atomic E-state index is 3.56. The minimum absolute atomic E-state index is 0.865. The van der Waals surface area contributed by atoms with Gasteiger partial charge in [-0.2, -0.15) is 11.8 Å². The van der Waals surface area contributed by atoms with Crippen molar-refractivity contribution in [1.82, 2.24) is 10.2 Å². The van der Waals surface area contributed by atoms with Crippen LogP contribution in [0.4, 0.5) is 0 Å². The zero-order chi connectivity index (χ0) is 9.80. The molecule has 0 radical (unpaired) electrons. The fraction of sp³-hybridized carbons (Fsp3) is 1.00. The Labute approximate surface area is 91.8 Å². The van der Waals surface area contributed by atoms with E-state index in [2.05, 4.69) is 29.0 Å². The Bertz CT molecular complexity index is 165. The second kappa shape index (κ2) is 5.38. The lowest BCUT2D eigenvalue weighted by Crippen LogP contribution is -2.33. The average Bonchev–Trinajstić information content (AvgIpc) is 2.83. The smallest absolute Gasteiger partial charge is 0.0175 e. The molecule has 0 amide bonds. The molecule has 1 aliphatic carbocycles. The highest BCUT2D eigenvalue weighted by Crippen LogP contribution is 2.26. The van der Waals surface area contributed by atoms with Gasteiger partial charge in [-0.3, -0.25) is 0 Å². The van der Waals surface area contributed by atoms with Crippen molar-refractivity contribution in [3.63, 3.8) is 0 Å². The summed E-state index contributed by atoms with van der Waals surface area (Å²) in [5, 5.41) is 4.48. The van der Waals surface area contributed by atoms with Gasteiger partial charge < -0.3 is 10.2 Å². The van der Waals surface area contributed by atoms with Crippen molar-refractivity contribution in [3.05, 3.63) is 0 Å². The summed E-state index contributed by atoms with van der Waals surface area (Å²) in [7, 11) is 2.26. The van der Waals surface area contributed by atoms with E-state index in [0.29, 0.717) is 0 Å². The fourth-order valence-corrected chi connectivity index (χ4v) is 3.33. The predicted octanol–water partition coefficient (Wildman–Crippen LogP) is 1.57. The van der Waals surface area contributed by atoms with Crippen molar-refractivity contribution in [2.75, 3.05) is 32.4 Å². The van der Waals surface area contributed by atoms with Crippen molar-refractivity contribution in [1.29, 1.82) is 0 Å². The van der Waals surface area contributed by atoms with Gasteiger partial charge in [-0.1, -0.05) is 0 Å². The minimum atomic E-state index is 0.865. The number of hydrogen-bond donors (Lipinski definition) is 1. The molecule has 0 aromatic heterocycles. The number of hydrogen-bond acceptors (Lipinski definition) is 3. The Hall–Kier alpha value is 0.270. The van der Waals surface area contributed by atoms with Crippen LogP contribution >= 0.6 is 11.8 Å². The lowest BCUT2D eigenvalue weighted by Gasteiger charge is -2.20. The van der Waals surface area contributed by atoms with Gasteiger partial charge in [0, 0.05) is 30.9 Å². The summed E-state index contributed by atoms with van der Waals surface area (Å²) in [6, 6.07) is 0.865. The van der Waals surface area contributed by atoms with Crippen molar-refractivity contribution in [2.24, 2.45) is 0 Å². The normalized spacial score (nSPS) is 27.4. The Morgan fingerprint density at radius 1 is 1.36 bits per heavy atom. The van der Waals surface area contributed by atoms with E-state index in [1.54, 1.807) is 0 Å². The van der Waals surface area contributed by atoms with Crippen molar-refractivity contribution in [3.8, 4) is 0 Å². The van der Waals surface area contributed by atoms with Crippen LogP contribution in [0.3, 0.4) is 0 Å². The molecule has 1 saturated heterocycles. The van der Waals surface area contributed by atoms with E-state index < -0.39 is 0 Å². The monoisotopic (exact) mass is 214 g/mol. The van der Waals surface area contributed by atoms with Crippen LogP contribution in [-0.2, 0) is 0 Å². The van der Waals surface area contributed by atoms with Crippen LogP contribution in [0, 0.1) is 0 Å². The van der Waals surface area contributed by atoms with E-state index in [1.165, 1.54) is 51.1 Å². The molecular formula is C11H22N2S. The van der Waals surface area contributed by atoms with Crippen LogP contribution in [-0.4, -0.2) is 48.6 Å². The number of nitrogens with zero attached hydrogens (tertiary/aromatic N) is 1. The zero-order valence-corrected chi connectivity index (χ0v) is 9.98. The third kappa shape index (κ3) is 3.79. The lowest BCUT2D eigenvalue weighted by molar-refractivity contribution is 0.329. The molecule has 1 unspecified atom stereocenters. The van der Waals surface area contributed by atoms with Gasteiger partial charge in [-0.25, -0.2) is 0 Å². The molecule has 0 spiro atoms. The molecule has 0 aromatic carbocycles. The Kier molecular flexibility index (Phi) is 4.14. The first kappa shape index (κ1) is 10.8. The van der Waals surface area contributed by atoms with Crippen LogP contribution in [0.2, 0.25) is 0 Å². The lowest BCUT2D eigenvalue weighted by atomic mass is 10.2. The molecule has 1 heterocycles. The van der Waals surface area contributed by atoms with Gasteiger partial charge in [0.15, 0.2) is 0 Å². The highest BCUT2D eigenvalue weighted by Gasteiger charge is 2.20. The van der Waals surface area contributed by atoms with Crippen LogP contribution in [0.1, 0.15) is 25.7 Å². The average molecular weight is 214 g/mol. The summed E-state index contributed by atoms with van der Waals surface area (Å²) in [6.45, 7) is 3.68. The first-order chi connectivity index (χ1) is 6.84. The summed E-state index contributed by atoms with van der Waals surface area (Å²) in [5.41, 5.74) is 0. The molecule has 14 heavy (non-hydrogen) atoms. The molecule has 0 bridgehead atoms. The van der Waals surface area contributed by atoms with Crippen LogP contribution in [0.15, 0.2) is 0 Å². The SMILES string of the molecule is CN(CCNC1CC1)CC1CCCS1. The van der Waals surface area contributed by atoms with E-state index in [0.717, 1.165) is 11.3 Å². The minimum Gasteiger partial charge on any atom is -0.313 e. The first-order valence-corrected chi connectivity index (χ1v) is 6.93. The molecular weight excluding hydrogens is 192 g/mol. The first-order valence-electron chi connectivity index (χ1n) is 5.88. The standard InChI is InChI=1S/C11H22N2S/c1-13(7-6-12-10-4-5-10)9-11-3-2-8-14-11/h10-12H,2-9H2,1H3. The third-order valence-electron chi connectivity index (χ3n) is 3.04. The molecule has 2 fully saturated rings. The molecule has 82 valence electrons. The molecule has 3 heteroatoms. The summed E-state index contributed by atoms with van der Waals surface area (Å²) in [5.74, 6) is 1.39. The van der Waals surface area contributed by atoms with Gasteiger partial charge in [0.2, 0.25) is 0 Å². The van der Waals surface area contributed by atoms with Crippen LogP contribution in [0.25, 0.3) is 0 Å². The number of thioether (sulfide) groups is 1. The maximum atomic E-state index is 3.56. The van der Waals surface area contributed by atoms with Gasteiger partial charge >= 0.3 is 0 Å². The molecule has 2 rings (SSSR count). The van der Waals surface area contributed by atoms with E-state index in [4.69, 9.17) is 0 Å². The van der Waals surface area contributed by atoms with E-state index in [-0.39, 0.29) is 0 Å². The summed E-state index contributed by atoms with van der Waals surface area (Å²) >= 11 is 2.16. The second-order valence-corrected chi connectivity index (χ2v) is 6.03. The maximum Gasteiger partial charge on any atom is 0.0175 e. The van der Waals surface area contributed by atoms with Crippen molar-refractivity contribution < 1.29 is 0 Å². The topological polar surface area (TPSA) is 15.3 Å². The molecule has 0 aromatic rings. The molecule has 1 aliphatic heterocycles. The zero-order valence-electron chi connectivity index (χ0n) is 9.17. The van der Waals surface area contributed by atoms with Gasteiger partial charge in [0.25, 0.3) is 0 Å². The van der Waals surface area contributed by atoms with Gasteiger partial charge in [0.1, 0.15) is 0 Å². The third-order valence-corrected chi connectivity index (χ3v) is 4.42. The molecule has 1 saturated carbocycles. The quantitative estimate of drug-likeness (QED) is 0.722. The van der Waals surface area contributed by atoms with E-state index in [1.807, 2.05) is 0 Å². The van der Waals surface area contributed by atoms with Gasteiger partial charge in [-0.15, -0.1) is 0 Å². The molecule has 1 atom stereocenters.